The fourth-order valence-electron chi connectivity index (χ4n) is 3.86. The molecule has 3 heterocycles. The van der Waals surface area contributed by atoms with Crippen LogP contribution in [0.3, 0.4) is 0 Å². The molecule has 0 aromatic carbocycles. The molecule has 0 N–H and O–H groups in total. The van der Waals surface area contributed by atoms with Crippen molar-refractivity contribution >= 4 is 5.91 Å². The highest BCUT2D eigenvalue weighted by Crippen LogP contribution is 2.40. The zero-order chi connectivity index (χ0) is 16.3. The molecule has 4 nitrogen and oxygen atoms in total. The van der Waals surface area contributed by atoms with Crippen LogP contribution in [-0.4, -0.2) is 41.1 Å². The molecule has 2 atom stereocenters. The van der Waals surface area contributed by atoms with E-state index in [1.165, 1.54) is 0 Å². The van der Waals surface area contributed by atoms with Gasteiger partial charge in [-0.25, -0.2) is 0 Å². The van der Waals surface area contributed by atoms with Crippen LogP contribution in [0, 0.1) is 11.8 Å². The summed E-state index contributed by atoms with van der Waals surface area (Å²) in [5.74, 6) is 1.55. The normalized spacial score (nSPS) is 27.8. The van der Waals surface area contributed by atoms with Gasteiger partial charge in [-0.3, -0.25) is 9.78 Å². The molecule has 0 aliphatic carbocycles. The number of likely N-dealkylation sites (tertiary alicyclic amines) is 1. The van der Waals surface area contributed by atoms with Crippen molar-refractivity contribution in [3.8, 4) is 0 Å². The van der Waals surface area contributed by atoms with Crippen molar-refractivity contribution < 1.29 is 9.53 Å². The van der Waals surface area contributed by atoms with E-state index in [9.17, 15) is 4.79 Å². The summed E-state index contributed by atoms with van der Waals surface area (Å²) in [6, 6.07) is 3.96. The monoisotopic (exact) mass is 316 g/mol. The summed E-state index contributed by atoms with van der Waals surface area (Å²) in [6.07, 6.45) is 8.21. The van der Waals surface area contributed by atoms with Crippen LogP contribution >= 0.6 is 0 Å². The van der Waals surface area contributed by atoms with Crippen LogP contribution in [0.5, 0.6) is 0 Å². The number of hydrogen-bond donors (Lipinski definition) is 0. The molecular weight excluding hydrogens is 288 g/mol. The Hall–Kier alpha value is -1.42. The number of hydrogen-bond acceptors (Lipinski definition) is 3. The predicted octanol–water partition coefficient (Wildman–Crippen LogP) is 3.07. The Bertz CT molecular complexity index is 531. The van der Waals surface area contributed by atoms with Crippen molar-refractivity contribution in [2.75, 3.05) is 19.7 Å². The predicted molar refractivity (Wildman–Crippen MR) is 90.0 cm³/mol. The van der Waals surface area contributed by atoms with Crippen molar-refractivity contribution in [3.05, 3.63) is 30.1 Å². The first kappa shape index (κ1) is 16.4. The van der Waals surface area contributed by atoms with Crippen LogP contribution in [0.1, 0.15) is 45.1 Å². The molecule has 2 saturated heterocycles. The molecule has 1 amide bonds. The maximum Gasteiger partial charge on any atom is 0.223 e. The number of aryl methyl sites for hydroxylation is 1. The molecular formula is C19H28N2O2. The first-order chi connectivity index (χ1) is 11.1. The summed E-state index contributed by atoms with van der Waals surface area (Å²) in [4.78, 5) is 18.7. The number of piperidine rings is 1. The Labute approximate surface area is 139 Å². The number of nitrogens with zero attached hydrogens (tertiary/aromatic N) is 2. The van der Waals surface area contributed by atoms with E-state index in [4.69, 9.17) is 4.74 Å². The van der Waals surface area contributed by atoms with Crippen molar-refractivity contribution in [2.24, 2.45) is 11.8 Å². The van der Waals surface area contributed by atoms with Gasteiger partial charge in [0.1, 0.15) is 0 Å². The lowest BCUT2D eigenvalue weighted by atomic mass is 9.83. The zero-order valence-electron chi connectivity index (χ0n) is 14.3. The molecule has 1 spiro atoms. The first-order valence-corrected chi connectivity index (χ1v) is 8.89. The Morgan fingerprint density at radius 1 is 1.52 bits per heavy atom. The van der Waals surface area contributed by atoms with E-state index in [0.29, 0.717) is 18.3 Å². The number of rotatable bonds is 4. The number of pyridine rings is 1. The molecule has 0 radical (unpaired) electrons. The highest BCUT2D eigenvalue weighted by atomic mass is 16.5. The molecule has 3 rings (SSSR count). The third-order valence-corrected chi connectivity index (χ3v) is 5.42. The van der Waals surface area contributed by atoms with Gasteiger partial charge in [0, 0.05) is 31.9 Å². The van der Waals surface area contributed by atoms with Gasteiger partial charge < -0.3 is 9.64 Å². The Kier molecular flexibility index (Phi) is 5.00. The smallest absolute Gasteiger partial charge is 0.223 e. The van der Waals surface area contributed by atoms with E-state index in [1.54, 1.807) is 6.20 Å². The lowest BCUT2D eigenvalue weighted by Crippen LogP contribution is -2.50. The highest BCUT2D eigenvalue weighted by Gasteiger charge is 2.44. The minimum absolute atomic E-state index is 0.0723. The second-order valence-corrected chi connectivity index (χ2v) is 7.48. The van der Waals surface area contributed by atoms with Crippen molar-refractivity contribution in [1.29, 1.82) is 0 Å². The second kappa shape index (κ2) is 7.00. The number of amides is 1. The van der Waals surface area contributed by atoms with Crippen LogP contribution in [0.4, 0.5) is 0 Å². The summed E-state index contributed by atoms with van der Waals surface area (Å²) in [5, 5.41) is 0. The molecule has 126 valence electrons. The summed E-state index contributed by atoms with van der Waals surface area (Å²) in [5.41, 5.74) is 1.06. The Morgan fingerprint density at radius 2 is 2.39 bits per heavy atom. The molecule has 4 heteroatoms. The Morgan fingerprint density at radius 3 is 3.09 bits per heavy atom. The van der Waals surface area contributed by atoms with Gasteiger partial charge in [0.25, 0.3) is 0 Å². The average Bonchev–Trinajstić information content (AvgIpc) is 2.97. The highest BCUT2D eigenvalue weighted by molar-refractivity contribution is 5.76. The van der Waals surface area contributed by atoms with Crippen LogP contribution in [0.2, 0.25) is 0 Å². The van der Waals surface area contributed by atoms with Crippen molar-refractivity contribution in [2.45, 2.75) is 51.6 Å². The summed E-state index contributed by atoms with van der Waals surface area (Å²) >= 11 is 0. The standard InChI is InChI=1S/C19H28N2O2/c1-15(2)17-11-19(23-13-17)8-4-10-21(14-19)18(22)7-6-16-5-3-9-20-12-16/h3,5,9,12,15,17H,4,6-8,10-11,13-14H2,1-2H3. The fourth-order valence-corrected chi connectivity index (χ4v) is 3.86. The van der Waals surface area contributed by atoms with Gasteiger partial charge >= 0.3 is 0 Å². The molecule has 1 aromatic heterocycles. The maximum absolute atomic E-state index is 12.6. The van der Waals surface area contributed by atoms with E-state index >= 15 is 0 Å². The van der Waals surface area contributed by atoms with Crippen molar-refractivity contribution in [1.82, 2.24) is 9.88 Å². The van der Waals surface area contributed by atoms with Gasteiger partial charge in [0.05, 0.1) is 12.2 Å². The number of carbonyl (C=O) groups excluding carboxylic acids is 1. The van der Waals surface area contributed by atoms with Crippen molar-refractivity contribution in [3.63, 3.8) is 0 Å². The summed E-state index contributed by atoms with van der Waals surface area (Å²) in [7, 11) is 0. The maximum atomic E-state index is 12.6. The molecule has 1 aromatic rings. The number of aromatic nitrogens is 1. The third-order valence-electron chi connectivity index (χ3n) is 5.42. The van der Waals surface area contributed by atoms with E-state index < -0.39 is 0 Å². The van der Waals surface area contributed by atoms with E-state index in [0.717, 1.165) is 50.9 Å². The number of carbonyl (C=O) groups is 1. The molecule has 2 unspecified atom stereocenters. The first-order valence-electron chi connectivity index (χ1n) is 8.89. The molecule has 0 saturated carbocycles. The van der Waals surface area contributed by atoms with Gasteiger partial charge in [0.2, 0.25) is 5.91 Å². The van der Waals surface area contributed by atoms with Crippen LogP contribution < -0.4 is 0 Å². The second-order valence-electron chi connectivity index (χ2n) is 7.48. The molecule has 23 heavy (non-hydrogen) atoms. The lowest BCUT2D eigenvalue weighted by molar-refractivity contribution is -0.139. The Balaban J connectivity index is 1.55. The largest absolute Gasteiger partial charge is 0.373 e. The minimum atomic E-state index is -0.0723. The van der Waals surface area contributed by atoms with Gasteiger partial charge in [-0.1, -0.05) is 19.9 Å². The van der Waals surface area contributed by atoms with Crippen LogP contribution in [0.25, 0.3) is 0 Å². The van der Waals surface area contributed by atoms with Gasteiger partial charge in [0.15, 0.2) is 0 Å². The quantitative estimate of drug-likeness (QED) is 0.857. The number of ether oxygens (including phenoxy) is 1. The van der Waals surface area contributed by atoms with Gasteiger partial charge in [-0.15, -0.1) is 0 Å². The van der Waals surface area contributed by atoms with E-state index in [-0.39, 0.29) is 11.5 Å². The van der Waals surface area contributed by atoms with E-state index in [1.807, 2.05) is 23.2 Å². The van der Waals surface area contributed by atoms with E-state index in [2.05, 4.69) is 18.8 Å². The molecule has 2 aliphatic heterocycles. The zero-order valence-corrected chi connectivity index (χ0v) is 14.3. The molecule has 2 fully saturated rings. The fraction of sp³-hybridized carbons (Fsp3) is 0.684. The topological polar surface area (TPSA) is 42.4 Å². The molecule has 0 bridgehead atoms. The molecule has 2 aliphatic rings. The summed E-state index contributed by atoms with van der Waals surface area (Å²) in [6.45, 7) is 7.06. The van der Waals surface area contributed by atoms with Gasteiger partial charge in [-0.05, 0) is 49.1 Å². The third kappa shape index (κ3) is 3.92. The summed E-state index contributed by atoms with van der Waals surface area (Å²) < 4.78 is 6.19. The van der Waals surface area contributed by atoms with Gasteiger partial charge in [-0.2, -0.15) is 0 Å². The minimum Gasteiger partial charge on any atom is -0.373 e. The lowest BCUT2D eigenvalue weighted by Gasteiger charge is -2.40. The average molecular weight is 316 g/mol. The SMILES string of the molecule is CC(C)C1COC2(CCCN(C(=O)CCc3cccnc3)C2)C1. The van der Waals surface area contributed by atoms with Crippen LogP contribution in [-0.2, 0) is 16.0 Å². The van der Waals surface area contributed by atoms with Crippen LogP contribution in [0.15, 0.2) is 24.5 Å².